The molecule has 1 aliphatic heterocycles. The lowest BCUT2D eigenvalue weighted by Crippen LogP contribution is -2.39. The van der Waals surface area contributed by atoms with Gasteiger partial charge >= 0.3 is 6.03 Å². The van der Waals surface area contributed by atoms with Crippen LogP contribution in [0.1, 0.15) is 5.56 Å². The number of benzene rings is 1. The molecule has 0 atom stereocenters. The van der Waals surface area contributed by atoms with Gasteiger partial charge in [0, 0.05) is 43.8 Å². The Hall–Kier alpha value is -3.29. The maximum Gasteiger partial charge on any atom is 0.325 e. The fourth-order valence-corrected chi connectivity index (χ4v) is 2.89. The number of hydrogen-bond donors (Lipinski definition) is 1. The smallest absolute Gasteiger partial charge is 0.325 e. The Kier molecular flexibility index (Phi) is 5.75. The van der Waals surface area contributed by atoms with Gasteiger partial charge in [0.05, 0.1) is 14.2 Å². The van der Waals surface area contributed by atoms with Gasteiger partial charge in [0.25, 0.3) is 0 Å². The molecule has 1 N–H and O–H groups in total. The number of rotatable bonds is 7. The van der Waals surface area contributed by atoms with Crippen LogP contribution in [0.4, 0.5) is 10.5 Å². The second-order valence-electron chi connectivity index (χ2n) is 6.03. The molecule has 0 radical (unpaired) electrons. The van der Waals surface area contributed by atoms with E-state index in [1.54, 1.807) is 49.7 Å². The summed E-state index contributed by atoms with van der Waals surface area (Å²) in [6, 6.07) is 8.79. The molecular weight excluding hydrogens is 348 g/mol. The quantitative estimate of drug-likeness (QED) is 0.801. The molecule has 1 aromatic heterocycles. The number of nitrogens with zero attached hydrogens (tertiary/aromatic N) is 3. The molecule has 8 heteroatoms. The third-order valence-corrected chi connectivity index (χ3v) is 4.32. The number of nitrogens with one attached hydrogen (secondary N) is 1. The summed E-state index contributed by atoms with van der Waals surface area (Å²) < 4.78 is 10.5. The van der Waals surface area contributed by atoms with Gasteiger partial charge in [-0.3, -0.25) is 14.7 Å². The van der Waals surface area contributed by atoms with E-state index in [9.17, 15) is 9.59 Å². The van der Waals surface area contributed by atoms with Crippen LogP contribution in [-0.2, 0) is 11.3 Å². The lowest BCUT2D eigenvalue weighted by atomic mass is 10.2. The highest BCUT2D eigenvalue weighted by Gasteiger charge is 2.31. The molecule has 0 bridgehead atoms. The number of ether oxygens (including phenoxy) is 2. The molecule has 0 spiro atoms. The van der Waals surface area contributed by atoms with E-state index < -0.39 is 0 Å². The average molecular weight is 370 g/mol. The third kappa shape index (κ3) is 4.28. The van der Waals surface area contributed by atoms with Crippen LogP contribution in [0.25, 0.3) is 0 Å². The number of hydrogen-bond acceptors (Lipinski definition) is 5. The van der Waals surface area contributed by atoms with E-state index >= 15 is 0 Å². The van der Waals surface area contributed by atoms with Gasteiger partial charge in [-0.25, -0.2) is 4.79 Å². The summed E-state index contributed by atoms with van der Waals surface area (Å²) >= 11 is 0. The van der Waals surface area contributed by atoms with E-state index in [1.807, 2.05) is 12.1 Å². The van der Waals surface area contributed by atoms with Crippen LogP contribution in [-0.4, -0.2) is 55.7 Å². The highest BCUT2D eigenvalue weighted by molar-refractivity contribution is 5.96. The summed E-state index contributed by atoms with van der Waals surface area (Å²) in [7, 11) is 3.11. The van der Waals surface area contributed by atoms with Crippen molar-refractivity contribution >= 4 is 17.6 Å². The summed E-state index contributed by atoms with van der Waals surface area (Å²) in [5.74, 6) is 0.941. The van der Waals surface area contributed by atoms with Gasteiger partial charge in [0.2, 0.25) is 5.91 Å². The van der Waals surface area contributed by atoms with Crippen molar-refractivity contribution in [2.24, 2.45) is 0 Å². The monoisotopic (exact) mass is 370 g/mol. The van der Waals surface area contributed by atoms with Crippen LogP contribution < -0.4 is 19.7 Å². The van der Waals surface area contributed by atoms with Crippen molar-refractivity contribution in [2.75, 3.05) is 38.8 Å². The highest BCUT2D eigenvalue weighted by Crippen LogP contribution is 2.32. The second-order valence-corrected chi connectivity index (χ2v) is 6.03. The average Bonchev–Trinajstić information content (AvgIpc) is 3.06. The van der Waals surface area contributed by atoms with Crippen molar-refractivity contribution in [1.29, 1.82) is 0 Å². The molecule has 0 unspecified atom stereocenters. The van der Waals surface area contributed by atoms with Gasteiger partial charge in [-0.1, -0.05) is 6.07 Å². The van der Waals surface area contributed by atoms with E-state index in [2.05, 4.69) is 10.3 Å². The van der Waals surface area contributed by atoms with E-state index in [-0.39, 0.29) is 18.5 Å². The summed E-state index contributed by atoms with van der Waals surface area (Å²) in [6.07, 6.45) is 3.37. The second kappa shape index (κ2) is 8.39. The fourth-order valence-electron chi connectivity index (χ4n) is 2.89. The number of carbonyl (C=O) groups excluding carboxylic acids is 2. The van der Waals surface area contributed by atoms with Crippen molar-refractivity contribution in [3.63, 3.8) is 0 Å². The van der Waals surface area contributed by atoms with Gasteiger partial charge in [0.15, 0.2) is 11.5 Å². The van der Waals surface area contributed by atoms with Crippen molar-refractivity contribution in [2.45, 2.75) is 6.54 Å². The van der Waals surface area contributed by atoms with Gasteiger partial charge in [-0.05, 0) is 23.8 Å². The summed E-state index contributed by atoms with van der Waals surface area (Å²) in [6.45, 7) is 1.38. The van der Waals surface area contributed by atoms with Gasteiger partial charge < -0.3 is 19.7 Å². The minimum absolute atomic E-state index is 0.0168. The summed E-state index contributed by atoms with van der Waals surface area (Å²) in [5.41, 5.74) is 1.61. The Morgan fingerprint density at radius 1 is 1.19 bits per heavy atom. The lowest BCUT2D eigenvalue weighted by Gasteiger charge is -2.19. The Bertz CT molecular complexity index is 813. The zero-order chi connectivity index (χ0) is 19.2. The summed E-state index contributed by atoms with van der Waals surface area (Å²) in [4.78, 5) is 32.0. The third-order valence-electron chi connectivity index (χ3n) is 4.32. The number of urea groups is 1. The minimum atomic E-state index is -0.209. The largest absolute Gasteiger partial charge is 0.493 e. The molecule has 1 fully saturated rings. The van der Waals surface area contributed by atoms with Crippen LogP contribution >= 0.6 is 0 Å². The number of pyridine rings is 1. The Morgan fingerprint density at radius 3 is 2.70 bits per heavy atom. The zero-order valence-electron chi connectivity index (χ0n) is 15.3. The van der Waals surface area contributed by atoms with Crippen molar-refractivity contribution in [3.8, 4) is 11.5 Å². The van der Waals surface area contributed by atoms with Gasteiger partial charge in [0.1, 0.15) is 6.54 Å². The number of methoxy groups -OCH3 is 2. The van der Waals surface area contributed by atoms with E-state index in [4.69, 9.17) is 9.47 Å². The number of amides is 3. The van der Waals surface area contributed by atoms with Gasteiger partial charge in [-0.15, -0.1) is 0 Å². The van der Waals surface area contributed by atoms with Gasteiger partial charge in [-0.2, -0.15) is 0 Å². The first-order valence-electron chi connectivity index (χ1n) is 8.56. The molecular formula is C19H22N4O4. The molecule has 27 heavy (non-hydrogen) atoms. The SMILES string of the molecule is COc1ccc(N2CCN(CC(=O)NCc3cccnc3)C2=O)cc1OC. The van der Waals surface area contributed by atoms with Crippen LogP contribution in [0, 0.1) is 0 Å². The van der Waals surface area contributed by atoms with E-state index in [0.29, 0.717) is 36.8 Å². The topological polar surface area (TPSA) is 84.0 Å². The minimum Gasteiger partial charge on any atom is -0.493 e. The number of anilines is 1. The predicted octanol–water partition coefficient (Wildman–Crippen LogP) is 1.66. The molecule has 3 amide bonds. The first-order valence-corrected chi connectivity index (χ1v) is 8.56. The van der Waals surface area contributed by atoms with E-state index in [1.165, 1.54) is 4.90 Å². The normalized spacial score (nSPS) is 13.6. The van der Waals surface area contributed by atoms with Crippen molar-refractivity contribution in [1.82, 2.24) is 15.2 Å². The number of carbonyl (C=O) groups is 2. The summed E-state index contributed by atoms with van der Waals surface area (Å²) in [5, 5.41) is 2.81. The molecule has 1 saturated heterocycles. The lowest BCUT2D eigenvalue weighted by molar-refractivity contribution is -0.121. The van der Waals surface area contributed by atoms with Crippen LogP contribution in [0.2, 0.25) is 0 Å². The Labute approximate surface area is 157 Å². The van der Waals surface area contributed by atoms with E-state index in [0.717, 1.165) is 5.56 Å². The highest BCUT2D eigenvalue weighted by atomic mass is 16.5. The zero-order valence-corrected chi connectivity index (χ0v) is 15.3. The molecule has 3 rings (SSSR count). The first kappa shape index (κ1) is 18.5. The maximum atomic E-state index is 12.7. The number of aromatic nitrogens is 1. The first-order chi connectivity index (χ1) is 13.1. The van der Waals surface area contributed by atoms with Crippen LogP contribution in [0.5, 0.6) is 11.5 Å². The van der Waals surface area contributed by atoms with Crippen molar-refractivity contribution < 1.29 is 19.1 Å². The molecule has 0 saturated carbocycles. The molecule has 2 aromatic rings. The molecule has 1 aliphatic rings. The molecule has 1 aromatic carbocycles. The van der Waals surface area contributed by atoms with Crippen LogP contribution in [0.3, 0.4) is 0 Å². The standard InChI is InChI=1S/C19H22N4O4/c1-26-16-6-5-15(10-17(16)27-2)23-9-8-22(19(23)25)13-18(24)21-12-14-4-3-7-20-11-14/h3-7,10-11H,8-9,12-13H2,1-2H3,(H,21,24). The van der Waals surface area contributed by atoms with Crippen LogP contribution in [0.15, 0.2) is 42.7 Å². The predicted molar refractivity (Wildman–Crippen MR) is 99.9 cm³/mol. The Balaban J connectivity index is 1.59. The van der Waals surface area contributed by atoms with Crippen molar-refractivity contribution in [3.05, 3.63) is 48.3 Å². The molecule has 142 valence electrons. The molecule has 0 aliphatic carbocycles. The maximum absolute atomic E-state index is 12.7. The molecule has 8 nitrogen and oxygen atoms in total. The fraction of sp³-hybridized carbons (Fsp3) is 0.316. The Morgan fingerprint density at radius 2 is 2.00 bits per heavy atom. The molecule has 2 heterocycles.